The first-order valence-electron chi connectivity index (χ1n) is 7.67. The Balaban J connectivity index is 1.68. The number of nitrogens with one attached hydrogen (secondary N) is 1. The molecule has 4 nitrogen and oxygen atoms in total. The molecular weight excluding hydrogens is 307 g/mol. The van der Waals surface area contributed by atoms with Crippen molar-refractivity contribution in [3.05, 3.63) is 89.6 Å². The van der Waals surface area contributed by atoms with Gasteiger partial charge >= 0.3 is 0 Å². The highest BCUT2D eigenvalue weighted by Gasteiger charge is 2.36. The minimum Gasteiger partial charge on any atom is -0.467 e. The summed E-state index contributed by atoms with van der Waals surface area (Å²) in [7, 11) is 0. The van der Waals surface area contributed by atoms with E-state index in [4.69, 9.17) is 4.42 Å². The Kier molecular flexibility index (Phi) is 3.54. The zero-order chi connectivity index (χ0) is 16.5. The van der Waals surface area contributed by atoms with Gasteiger partial charge in [0.1, 0.15) is 17.7 Å². The minimum atomic E-state index is -0.329. The van der Waals surface area contributed by atoms with Crippen molar-refractivity contribution < 1.29 is 13.6 Å². The summed E-state index contributed by atoms with van der Waals surface area (Å²) in [6.07, 6.45) is 1.26. The third-order valence-corrected chi connectivity index (χ3v) is 4.11. The molecule has 0 bridgehead atoms. The predicted octanol–water partition coefficient (Wildman–Crippen LogP) is 4.19. The van der Waals surface area contributed by atoms with E-state index in [1.807, 2.05) is 30.3 Å². The van der Waals surface area contributed by atoms with Crippen LogP contribution in [0.25, 0.3) is 0 Å². The van der Waals surface area contributed by atoms with Crippen LogP contribution in [0, 0.1) is 5.82 Å². The molecule has 0 spiro atoms. The number of carbonyl (C=O) groups excluding carboxylic acids is 1. The standard InChI is InChI=1S/C19H15FN2O2/c20-13-7-9-14(10-8-13)21-18-16-5-1-2-6-17(16)19(23)22(18)12-15-4-3-11-24-15/h1-11,18,21H,12H2. The van der Waals surface area contributed by atoms with Crippen molar-refractivity contribution in [1.82, 2.24) is 4.90 Å². The smallest absolute Gasteiger partial charge is 0.256 e. The Hall–Kier alpha value is -3.08. The summed E-state index contributed by atoms with van der Waals surface area (Å²) in [4.78, 5) is 14.5. The number of nitrogens with zero attached hydrogens (tertiary/aromatic N) is 1. The average Bonchev–Trinajstić information content (AvgIpc) is 3.20. The molecule has 0 aliphatic carbocycles. The molecule has 24 heavy (non-hydrogen) atoms. The van der Waals surface area contributed by atoms with Crippen molar-refractivity contribution in [3.63, 3.8) is 0 Å². The van der Waals surface area contributed by atoms with Gasteiger partial charge in [-0.25, -0.2) is 4.39 Å². The van der Waals surface area contributed by atoms with E-state index in [0.29, 0.717) is 17.9 Å². The lowest BCUT2D eigenvalue weighted by Gasteiger charge is -2.26. The van der Waals surface area contributed by atoms with Gasteiger partial charge in [-0.1, -0.05) is 18.2 Å². The number of halogens is 1. The van der Waals surface area contributed by atoms with Crippen molar-refractivity contribution in [2.24, 2.45) is 0 Å². The summed E-state index contributed by atoms with van der Waals surface area (Å²) in [5, 5.41) is 3.31. The third kappa shape index (κ3) is 2.54. The lowest BCUT2D eigenvalue weighted by Crippen LogP contribution is -2.31. The van der Waals surface area contributed by atoms with Crippen LogP contribution < -0.4 is 5.32 Å². The van der Waals surface area contributed by atoms with Gasteiger partial charge in [-0.2, -0.15) is 0 Å². The molecule has 3 aromatic rings. The highest BCUT2D eigenvalue weighted by atomic mass is 19.1. The van der Waals surface area contributed by atoms with Crippen LogP contribution in [0.15, 0.2) is 71.3 Å². The summed E-state index contributed by atoms with van der Waals surface area (Å²) in [6.45, 7) is 0.360. The molecule has 2 aromatic carbocycles. The number of furan rings is 1. The molecule has 0 radical (unpaired) electrons. The molecule has 0 fully saturated rings. The number of rotatable bonds is 4. The zero-order valence-electron chi connectivity index (χ0n) is 12.8. The first-order chi connectivity index (χ1) is 11.7. The van der Waals surface area contributed by atoms with Crippen LogP contribution in [-0.2, 0) is 6.54 Å². The molecule has 0 saturated heterocycles. The van der Waals surface area contributed by atoms with Crippen molar-refractivity contribution in [2.45, 2.75) is 12.7 Å². The summed E-state index contributed by atoms with van der Waals surface area (Å²) < 4.78 is 18.5. The number of amides is 1. The van der Waals surface area contributed by atoms with Crippen molar-refractivity contribution in [3.8, 4) is 0 Å². The first kappa shape index (κ1) is 14.5. The van der Waals surface area contributed by atoms with Crippen molar-refractivity contribution in [1.29, 1.82) is 0 Å². The molecule has 1 amide bonds. The molecule has 1 aromatic heterocycles. The maximum absolute atomic E-state index is 13.1. The fourth-order valence-corrected chi connectivity index (χ4v) is 2.96. The molecule has 1 aliphatic heterocycles. The van der Waals surface area contributed by atoms with E-state index >= 15 is 0 Å². The Morgan fingerprint density at radius 1 is 1.04 bits per heavy atom. The minimum absolute atomic E-state index is 0.0541. The summed E-state index contributed by atoms with van der Waals surface area (Å²) in [5.41, 5.74) is 2.32. The van der Waals surface area contributed by atoms with E-state index in [-0.39, 0.29) is 17.9 Å². The van der Waals surface area contributed by atoms with Crippen LogP contribution in [0.5, 0.6) is 0 Å². The third-order valence-electron chi connectivity index (χ3n) is 4.11. The molecule has 120 valence electrons. The van der Waals surface area contributed by atoms with E-state index < -0.39 is 0 Å². The average molecular weight is 322 g/mol. The van der Waals surface area contributed by atoms with Gasteiger partial charge in [-0.05, 0) is 42.5 Å². The molecule has 1 aliphatic rings. The van der Waals surface area contributed by atoms with Gasteiger partial charge in [0.25, 0.3) is 5.91 Å². The molecule has 1 N–H and O–H groups in total. The maximum atomic E-state index is 13.1. The van der Waals surface area contributed by atoms with Crippen LogP contribution in [0.3, 0.4) is 0 Å². The van der Waals surface area contributed by atoms with Crippen molar-refractivity contribution in [2.75, 3.05) is 5.32 Å². The number of hydrogen-bond acceptors (Lipinski definition) is 3. The largest absolute Gasteiger partial charge is 0.467 e. The zero-order valence-corrected chi connectivity index (χ0v) is 12.8. The van der Waals surface area contributed by atoms with Gasteiger partial charge in [0.2, 0.25) is 0 Å². The molecule has 1 unspecified atom stereocenters. The second kappa shape index (κ2) is 5.85. The molecule has 5 heteroatoms. The second-order valence-corrected chi connectivity index (χ2v) is 5.65. The molecular formula is C19H15FN2O2. The van der Waals surface area contributed by atoms with Crippen LogP contribution in [0.4, 0.5) is 10.1 Å². The first-order valence-corrected chi connectivity index (χ1v) is 7.67. The van der Waals surface area contributed by atoms with E-state index in [2.05, 4.69) is 5.32 Å². The fraction of sp³-hybridized carbons (Fsp3) is 0.105. The summed E-state index contributed by atoms with van der Waals surface area (Å²) in [6, 6.07) is 17.2. The normalized spacial score (nSPS) is 16.3. The van der Waals surface area contributed by atoms with Gasteiger partial charge in [-0.3, -0.25) is 4.79 Å². The quantitative estimate of drug-likeness (QED) is 0.783. The molecule has 1 atom stereocenters. The maximum Gasteiger partial charge on any atom is 0.256 e. The van der Waals surface area contributed by atoms with Crippen LogP contribution in [0.1, 0.15) is 27.8 Å². The lowest BCUT2D eigenvalue weighted by atomic mass is 10.1. The van der Waals surface area contributed by atoms with Gasteiger partial charge < -0.3 is 14.6 Å². The summed E-state index contributed by atoms with van der Waals surface area (Å²) >= 11 is 0. The Labute approximate surface area is 138 Å². The summed E-state index contributed by atoms with van der Waals surface area (Å²) in [5.74, 6) is 0.361. The van der Waals surface area contributed by atoms with Crippen molar-refractivity contribution >= 4 is 11.6 Å². The number of benzene rings is 2. The van der Waals surface area contributed by atoms with Gasteiger partial charge in [0.15, 0.2) is 0 Å². The van der Waals surface area contributed by atoms with E-state index in [0.717, 1.165) is 11.3 Å². The topological polar surface area (TPSA) is 45.5 Å². The monoisotopic (exact) mass is 322 g/mol. The van der Waals surface area contributed by atoms with Crippen LogP contribution >= 0.6 is 0 Å². The molecule has 0 saturated carbocycles. The SMILES string of the molecule is O=C1c2ccccc2C(Nc2ccc(F)cc2)N1Cc1ccco1. The number of carbonyl (C=O) groups is 1. The molecule has 2 heterocycles. The number of anilines is 1. The number of fused-ring (bicyclic) bond motifs is 1. The van der Waals surface area contributed by atoms with Crippen LogP contribution in [0.2, 0.25) is 0 Å². The Bertz CT molecular complexity index is 859. The van der Waals surface area contributed by atoms with Gasteiger partial charge in [0.05, 0.1) is 12.8 Å². The second-order valence-electron chi connectivity index (χ2n) is 5.65. The van der Waals surface area contributed by atoms with E-state index in [1.54, 1.807) is 29.4 Å². The number of hydrogen-bond donors (Lipinski definition) is 1. The Morgan fingerprint density at radius 3 is 2.58 bits per heavy atom. The fourth-order valence-electron chi connectivity index (χ4n) is 2.96. The molecule has 4 rings (SSSR count). The van der Waals surface area contributed by atoms with E-state index in [9.17, 15) is 9.18 Å². The van der Waals surface area contributed by atoms with E-state index in [1.165, 1.54) is 12.1 Å². The predicted molar refractivity (Wildman–Crippen MR) is 87.8 cm³/mol. The van der Waals surface area contributed by atoms with Gasteiger partial charge in [0, 0.05) is 16.8 Å². The Morgan fingerprint density at radius 2 is 1.83 bits per heavy atom. The lowest BCUT2D eigenvalue weighted by molar-refractivity contribution is 0.0715. The highest BCUT2D eigenvalue weighted by Crippen LogP contribution is 2.35. The van der Waals surface area contributed by atoms with Gasteiger partial charge in [-0.15, -0.1) is 0 Å². The van der Waals surface area contributed by atoms with Crippen LogP contribution in [-0.4, -0.2) is 10.8 Å². The highest BCUT2D eigenvalue weighted by molar-refractivity contribution is 5.99.